The molecule has 5 heteroatoms. The van der Waals surface area contributed by atoms with Gasteiger partial charge in [-0.15, -0.1) is 0 Å². The molecule has 5 nitrogen and oxygen atoms in total. The zero-order chi connectivity index (χ0) is 23.0. The highest BCUT2D eigenvalue weighted by molar-refractivity contribution is 6.05. The molecule has 166 valence electrons. The van der Waals surface area contributed by atoms with E-state index in [1.54, 1.807) is 24.3 Å². The Morgan fingerprint density at radius 3 is 2.52 bits per heavy atom. The summed E-state index contributed by atoms with van der Waals surface area (Å²) in [7, 11) is 0. The quantitative estimate of drug-likeness (QED) is 0.291. The fourth-order valence-electron chi connectivity index (χ4n) is 3.78. The fourth-order valence-corrected chi connectivity index (χ4v) is 3.78. The van der Waals surface area contributed by atoms with E-state index in [2.05, 4.69) is 41.0 Å². The van der Waals surface area contributed by atoms with Gasteiger partial charge in [0.1, 0.15) is 11.5 Å². The Labute approximate surface area is 193 Å². The molecule has 0 unspecified atom stereocenters. The fraction of sp³-hybridized carbons (Fsp3) is 0.143. The number of furan rings is 1. The van der Waals surface area contributed by atoms with Crippen molar-refractivity contribution >= 4 is 28.7 Å². The third-order valence-corrected chi connectivity index (χ3v) is 5.50. The van der Waals surface area contributed by atoms with Crippen LogP contribution in [-0.2, 0) is 11.2 Å². The summed E-state index contributed by atoms with van der Waals surface area (Å²) in [5.74, 6) is -0.205. The van der Waals surface area contributed by atoms with Gasteiger partial charge >= 0.3 is 0 Å². The van der Waals surface area contributed by atoms with E-state index in [0.717, 1.165) is 18.4 Å². The van der Waals surface area contributed by atoms with Gasteiger partial charge in [0.25, 0.3) is 11.8 Å². The van der Waals surface area contributed by atoms with E-state index in [1.807, 2.05) is 31.2 Å². The summed E-state index contributed by atoms with van der Waals surface area (Å²) in [5.41, 5.74) is 2.75. The molecule has 0 fully saturated rings. The predicted molar refractivity (Wildman–Crippen MR) is 131 cm³/mol. The van der Waals surface area contributed by atoms with Gasteiger partial charge in [0.2, 0.25) is 0 Å². The molecule has 0 aliphatic heterocycles. The first-order valence-electron chi connectivity index (χ1n) is 11.0. The van der Waals surface area contributed by atoms with Crippen molar-refractivity contribution in [2.24, 2.45) is 0 Å². The van der Waals surface area contributed by atoms with Gasteiger partial charge in [-0.2, -0.15) is 0 Å². The van der Waals surface area contributed by atoms with Crippen LogP contribution < -0.4 is 10.6 Å². The van der Waals surface area contributed by atoms with Crippen LogP contribution in [0.2, 0.25) is 0 Å². The lowest BCUT2D eigenvalue weighted by Crippen LogP contribution is -2.35. The number of nitrogens with one attached hydrogen (secondary N) is 2. The Kier molecular flexibility index (Phi) is 7.00. The van der Waals surface area contributed by atoms with Gasteiger partial charge in [-0.3, -0.25) is 9.59 Å². The van der Waals surface area contributed by atoms with Gasteiger partial charge in [-0.05, 0) is 59.9 Å². The van der Waals surface area contributed by atoms with Gasteiger partial charge in [0.05, 0.1) is 6.26 Å². The smallest absolute Gasteiger partial charge is 0.267 e. The lowest BCUT2D eigenvalue weighted by atomic mass is 10.0. The van der Waals surface area contributed by atoms with E-state index in [1.165, 1.54) is 28.7 Å². The van der Waals surface area contributed by atoms with E-state index < -0.39 is 0 Å². The zero-order valence-electron chi connectivity index (χ0n) is 18.5. The standard InChI is InChI=1S/C28H26N2O3/c1-20-9-2-4-15-24(20)27(31)30-26(19-23-14-8-18-33-23)28(32)29-17-7-13-22-12-6-11-21-10-3-5-16-25(21)22/h2-6,8-12,14-16,18-19H,7,13,17H2,1H3,(H,29,32)(H,30,31)/b26-19-. The van der Waals surface area contributed by atoms with Crippen LogP contribution in [0.1, 0.15) is 33.7 Å². The Balaban J connectivity index is 1.41. The van der Waals surface area contributed by atoms with Crippen LogP contribution in [0, 0.1) is 6.92 Å². The Bertz CT molecular complexity index is 1280. The highest BCUT2D eigenvalue weighted by Crippen LogP contribution is 2.19. The topological polar surface area (TPSA) is 71.3 Å². The summed E-state index contributed by atoms with van der Waals surface area (Å²) in [6.07, 6.45) is 4.68. The van der Waals surface area contributed by atoms with Crippen molar-refractivity contribution in [1.82, 2.24) is 10.6 Å². The molecule has 0 spiro atoms. The van der Waals surface area contributed by atoms with Crippen LogP contribution in [-0.4, -0.2) is 18.4 Å². The predicted octanol–water partition coefficient (Wildman–Crippen LogP) is 5.26. The molecular formula is C28H26N2O3. The molecule has 3 aromatic carbocycles. The van der Waals surface area contributed by atoms with E-state index >= 15 is 0 Å². The molecule has 0 radical (unpaired) electrons. The number of fused-ring (bicyclic) bond motifs is 1. The minimum absolute atomic E-state index is 0.142. The lowest BCUT2D eigenvalue weighted by molar-refractivity contribution is -0.117. The first-order valence-corrected chi connectivity index (χ1v) is 11.0. The molecule has 2 N–H and O–H groups in total. The van der Waals surface area contributed by atoms with Crippen LogP contribution >= 0.6 is 0 Å². The minimum atomic E-state index is -0.355. The van der Waals surface area contributed by atoms with E-state index in [4.69, 9.17) is 4.42 Å². The maximum absolute atomic E-state index is 12.9. The third kappa shape index (κ3) is 5.57. The molecule has 0 saturated carbocycles. The second kappa shape index (κ2) is 10.5. The van der Waals surface area contributed by atoms with Crippen molar-refractivity contribution in [1.29, 1.82) is 0 Å². The van der Waals surface area contributed by atoms with Gasteiger partial charge in [-0.25, -0.2) is 0 Å². The molecule has 0 saturated heterocycles. The van der Waals surface area contributed by atoms with Crippen LogP contribution in [0.5, 0.6) is 0 Å². The lowest BCUT2D eigenvalue weighted by Gasteiger charge is -2.12. The molecule has 0 atom stereocenters. The number of rotatable bonds is 8. The Hall–Kier alpha value is -4.12. The summed E-state index contributed by atoms with van der Waals surface area (Å²) >= 11 is 0. The van der Waals surface area contributed by atoms with Gasteiger partial charge in [-0.1, -0.05) is 60.7 Å². The van der Waals surface area contributed by atoms with Crippen molar-refractivity contribution in [3.63, 3.8) is 0 Å². The number of hydrogen-bond donors (Lipinski definition) is 2. The van der Waals surface area contributed by atoms with E-state index in [0.29, 0.717) is 17.9 Å². The van der Waals surface area contributed by atoms with Crippen molar-refractivity contribution in [3.8, 4) is 0 Å². The number of aryl methyl sites for hydroxylation is 2. The molecule has 1 heterocycles. The molecule has 4 rings (SSSR count). The molecule has 0 aliphatic rings. The van der Waals surface area contributed by atoms with Crippen LogP contribution in [0.15, 0.2) is 95.2 Å². The highest BCUT2D eigenvalue weighted by atomic mass is 16.3. The largest absolute Gasteiger partial charge is 0.465 e. The normalized spacial score (nSPS) is 11.4. The van der Waals surface area contributed by atoms with E-state index in [9.17, 15) is 9.59 Å². The summed E-state index contributed by atoms with van der Waals surface area (Å²) in [6, 6.07) is 25.3. The second-order valence-electron chi connectivity index (χ2n) is 7.84. The van der Waals surface area contributed by atoms with Crippen LogP contribution in [0.3, 0.4) is 0 Å². The molecule has 0 bridgehead atoms. The Morgan fingerprint density at radius 2 is 1.70 bits per heavy atom. The first kappa shape index (κ1) is 22.1. The number of hydrogen-bond acceptors (Lipinski definition) is 3. The Morgan fingerprint density at radius 1 is 0.909 bits per heavy atom. The monoisotopic (exact) mass is 438 g/mol. The van der Waals surface area contributed by atoms with Gasteiger partial charge in [0, 0.05) is 18.2 Å². The third-order valence-electron chi connectivity index (χ3n) is 5.50. The molecule has 33 heavy (non-hydrogen) atoms. The van der Waals surface area contributed by atoms with Gasteiger partial charge in [0.15, 0.2) is 0 Å². The summed E-state index contributed by atoms with van der Waals surface area (Å²) in [5, 5.41) is 8.11. The average Bonchev–Trinajstić information content (AvgIpc) is 3.35. The molecule has 1 aromatic heterocycles. The molecule has 4 aromatic rings. The average molecular weight is 439 g/mol. The first-order chi connectivity index (χ1) is 16.1. The minimum Gasteiger partial charge on any atom is -0.465 e. The highest BCUT2D eigenvalue weighted by Gasteiger charge is 2.16. The second-order valence-corrected chi connectivity index (χ2v) is 7.84. The molecular weight excluding hydrogens is 412 g/mol. The van der Waals surface area contributed by atoms with Crippen molar-refractivity contribution in [3.05, 3.63) is 113 Å². The van der Waals surface area contributed by atoms with Gasteiger partial charge < -0.3 is 15.1 Å². The molecule has 0 aliphatic carbocycles. The van der Waals surface area contributed by atoms with Crippen LogP contribution in [0.25, 0.3) is 16.8 Å². The maximum atomic E-state index is 12.9. The summed E-state index contributed by atoms with van der Waals surface area (Å²) < 4.78 is 5.34. The SMILES string of the molecule is Cc1ccccc1C(=O)N/C(=C\c1ccco1)C(=O)NCCCc1cccc2ccccc12. The maximum Gasteiger partial charge on any atom is 0.267 e. The number of benzene rings is 3. The number of carbonyl (C=O) groups excluding carboxylic acids is 2. The summed E-state index contributed by atoms with van der Waals surface area (Å²) in [4.78, 5) is 25.7. The van der Waals surface area contributed by atoms with Crippen molar-refractivity contribution in [2.75, 3.05) is 6.54 Å². The summed E-state index contributed by atoms with van der Waals surface area (Å²) in [6.45, 7) is 2.34. The number of carbonyl (C=O) groups is 2. The van der Waals surface area contributed by atoms with Crippen molar-refractivity contribution in [2.45, 2.75) is 19.8 Å². The van der Waals surface area contributed by atoms with E-state index in [-0.39, 0.29) is 17.5 Å². The number of amides is 2. The molecule has 2 amide bonds. The van der Waals surface area contributed by atoms with Crippen LogP contribution in [0.4, 0.5) is 0 Å². The zero-order valence-corrected chi connectivity index (χ0v) is 18.5. The van der Waals surface area contributed by atoms with Crippen molar-refractivity contribution < 1.29 is 14.0 Å².